The summed E-state index contributed by atoms with van der Waals surface area (Å²) in [6, 6.07) is 12.2. The van der Waals surface area contributed by atoms with Gasteiger partial charge in [-0.05, 0) is 62.6 Å². The maximum atomic E-state index is 13.1. The predicted molar refractivity (Wildman–Crippen MR) is 112 cm³/mol. The third-order valence-electron chi connectivity index (χ3n) is 5.18. The van der Waals surface area contributed by atoms with E-state index < -0.39 is 21.8 Å². The Morgan fingerprint density at radius 1 is 1.23 bits per heavy atom. The summed E-state index contributed by atoms with van der Waals surface area (Å²) in [7, 11) is -3.76. The topological polar surface area (TPSA) is 75.7 Å². The zero-order valence-corrected chi connectivity index (χ0v) is 18.0. The van der Waals surface area contributed by atoms with E-state index in [1.54, 1.807) is 0 Å². The second kappa shape index (κ2) is 9.57. The molecule has 0 spiro atoms. The summed E-state index contributed by atoms with van der Waals surface area (Å²) in [5, 5.41) is 2.92. The fourth-order valence-electron chi connectivity index (χ4n) is 3.47. The van der Waals surface area contributed by atoms with Crippen LogP contribution in [0.5, 0.6) is 5.75 Å². The Morgan fingerprint density at radius 3 is 2.63 bits per heavy atom. The van der Waals surface area contributed by atoms with Crippen LogP contribution in [0.4, 0.5) is 4.39 Å². The third kappa shape index (κ3) is 5.37. The number of nitrogens with zero attached hydrogens (tertiary/aromatic N) is 1. The number of hydrogen-bond acceptors (Lipinski definition) is 4. The Bertz CT molecular complexity index is 979. The molecule has 0 unspecified atom stereocenters. The maximum absolute atomic E-state index is 13.1. The van der Waals surface area contributed by atoms with E-state index in [9.17, 15) is 17.6 Å². The van der Waals surface area contributed by atoms with Gasteiger partial charge in [0.15, 0.2) is 0 Å². The van der Waals surface area contributed by atoms with Crippen molar-refractivity contribution >= 4 is 15.9 Å². The molecule has 1 heterocycles. The van der Waals surface area contributed by atoms with Gasteiger partial charge >= 0.3 is 0 Å². The number of benzene rings is 2. The van der Waals surface area contributed by atoms with Crippen LogP contribution in [0.15, 0.2) is 53.4 Å². The van der Waals surface area contributed by atoms with Crippen molar-refractivity contribution in [2.24, 2.45) is 5.92 Å². The van der Waals surface area contributed by atoms with E-state index in [1.165, 1.54) is 16.4 Å². The number of para-hydroxylation sites is 1. The number of hydrogen-bond donors (Lipinski definition) is 1. The highest BCUT2D eigenvalue weighted by molar-refractivity contribution is 7.89. The Hall–Kier alpha value is -2.45. The molecule has 0 aliphatic carbocycles. The number of rotatable bonds is 7. The highest BCUT2D eigenvalue weighted by Crippen LogP contribution is 2.24. The van der Waals surface area contributed by atoms with E-state index >= 15 is 0 Å². The number of nitrogens with one attached hydrogen (secondary N) is 1. The van der Waals surface area contributed by atoms with Crippen LogP contribution in [0.3, 0.4) is 0 Å². The van der Waals surface area contributed by atoms with Gasteiger partial charge in [0, 0.05) is 13.1 Å². The average Bonchev–Trinajstić information content (AvgIpc) is 2.73. The van der Waals surface area contributed by atoms with Gasteiger partial charge in [-0.2, -0.15) is 4.31 Å². The van der Waals surface area contributed by atoms with Gasteiger partial charge in [-0.1, -0.05) is 18.2 Å². The second-order valence-electron chi connectivity index (χ2n) is 7.64. The first-order valence-electron chi connectivity index (χ1n) is 10.0. The SMILES string of the molecule is Cc1ccccc1OC[C@H](C)NC(=O)[C@H]1CCCN(S(=O)(=O)c2ccc(F)cc2)C1. The number of carbonyl (C=O) groups is 1. The number of amides is 1. The summed E-state index contributed by atoms with van der Waals surface area (Å²) < 4.78 is 45.9. The Kier molecular flexibility index (Phi) is 7.10. The largest absolute Gasteiger partial charge is 0.491 e. The molecule has 1 aliphatic rings. The smallest absolute Gasteiger partial charge is 0.243 e. The number of sulfonamides is 1. The average molecular weight is 435 g/mol. The monoisotopic (exact) mass is 434 g/mol. The first kappa shape index (κ1) is 22.2. The van der Waals surface area contributed by atoms with Crippen molar-refractivity contribution in [3.63, 3.8) is 0 Å². The lowest BCUT2D eigenvalue weighted by atomic mass is 9.98. The molecule has 8 heteroatoms. The fourth-order valence-corrected chi connectivity index (χ4v) is 4.99. The van der Waals surface area contributed by atoms with Crippen molar-refractivity contribution in [2.75, 3.05) is 19.7 Å². The van der Waals surface area contributed by atoms with Crippen molar-refractivity contribution in [1.29, 1.82) is 0 Å². The summed E-state index contributed by atoms with van der Waals surface area (Å²) in [5.74, 6) is -0.343. The molecular formula is C22H27FN2O4S. The predicted octanol–water partition coefficient (Wildman–Crippen LogP) is 3.12. The molecule has 162 valence electrons. The standard InChI is InChI=1S/C22H27FN2O4S/c1-16-6-3-4-8-21(16)29-15-17(2)24-22(26)18-7-5-13-25(14-18)30(27,28)20-11-9-19(23)10-12-20/h3-4,6,8-12,17-18H,5,7,13-15H2,1-2H3,(H,24,26)/t17-,18-/m0/s1. The molecule has 6 nitrogen and oxygen atoms in total. The van der Waals surface area contributed by atoms with E-state index in [1.807, 2.05) is 38.1 Å². The van der Waals surface area contributed by atoms with Crippen LogP contribution >= 0.6 is 0 Å². The number of piperidine rings is 1. The van der Waals surface area contributed by atoms with E-state index in [-0.39, 0.29) is 23.4 Å². The second-order valence-corrected chi connectivity index (χ2v) is 9.58. The zero-order valence-electron chi connectivity index (χ0n) is 17.2. The van der Waals surface area contributed by atoms with Crippen molar-refractivity contribution in [3.8, 4) is 5.75 Å². The minimum Gasteiger partial charge on any atom is -0.491 e. The van der Waals surface area contributed by atoms with Crippen molar-refractivity contribution in [1.82, 2.24) is 9.62 Å². The Morgan fingerprint density at radius 2 is 1.93 bits per heavy atom. The van der Waals surface area contributed by atoms with Crippen LogP contribution in [0.2, 0.25) is 0 Å². The van der Waals surface area contributed by atoms with Gasteiger partial charge in [0.1, 0.15) is 18.2 Å². The van der Waals surface area contributed by atoms with Crippen LogP contribution in [0.25, 0.3) is 0 Å². The highest BCUT2D eigenvalue weighted by Gasteiger charge is 2.33. The molecule has 30 heavy (non-hydrogen) atoms. The molecule has 2 atom stereocenters. The lowest BCUT2D eigenvalue weighted by Crippen LogP contribution is -2.48. The van der Waals surface area contributed by atoms with Gasteiger partial charge in [0.25, 0.3) is 0 Å². The quantitative estimate of drug-likeness (QED) is 0.727. The summed E-state index contributed by atoms with van der Waals surface area (Å²) in [5.41, 5.74) is 1.02. The van der Waals surface area contributed by atoms with Gasteiger partial charge in [-0.3, -0.25) is 4.79 Å². The van der Waals surface area contributed by atoms with E-state index in [4.69, 9.17) is 4.74 Å². The number of ether oxygens (including phenoxy) is 1. The summed E-state index contributed by atoms with van der Waals surface area (Å²) in [6.07, 6.45) is 1.21. The van der Waals surface area contributed by atoms with E-state index in [2.05, 4.69) is 5.32 Å². The molecule has 2 aromatic rings. The molecule has 0 aromatic heterocycles. The molecule has 3 rings (SSSR count). The van der Waals surface area contributed by atoms with Crippen LogP contribution in [-0.2, 0) is 14.8 Å². The minimum atomic E-state index is -3.76. The van der Waals surface area contributed by atoms with Gasteiger partial charge in [-0.15, -0.1) is 0 Å². The van der Waals surface area contributed by atoms with E-state index in [0.29, 0.717) is 26.0 Å². The fraction of sp³-hybridized carbons (Fsp3) is 0.409. The molecule has 1 amide bonds. The van der Waals surface area contributed by atoms with Crippen LogP contribution in [0, 0.1) is 18.7 Å². The summed E-state index contributed by atoms with van der Waals surface area (Å²) in [6.45, 7) is 4.58. The lowest BCUT2D eigenvalue weighted by molar-refractivity contribution is -0.126. The van der Waals surface area contributed by atoms with Crippen LogP contribution in [-0.4, -0.2) is 44.4 Å². The molecule has 1 N–H and O–H groups in total. The molecule has 1 fully saturated rings. The normalized spacial score (nSPS) is 18.6. The van der Waals surface area contributed by atoms with Gasteiger partial charge < -0.3 is 10.1 Å². The first-order valence-corrected chi connectivity index (χ1v) is 11.5. The highest BCUT2D eigenvalue weighted by atomic mass is 32.2. The molecular weight excluding hydrogens is 407 g/mol. The van der Waals surface area contributed by atoms with E-state index in [0.717, 1.165) is 23.4 Å². The van der Waals surface area contributed by atoms with Crippen molar-refractivity contribution in [2.45, 2.75) is 37.6 Å². The zero-order chi connectivity index (χ0) is 21.7. The molecule has 0 bridgehead atoms. The molecule has 0 saturated carbocycles. The van der Waals surface area contributed by atoms with Crippen LogP contribution < -0.4 is 10.1 Å². The molecule has 0 radical (unpaired) electrons. The number of carbonyl (C=O) groups excluding carboxylic acids is 1. The summed E-state index contributed by atoms with van der Waals surface area (Å²) in [4.78, 5) is 12.7. The minimum absolute atomic E-state index is 0.0324. The Balaban J connectivity index is 1.57. The number of halogens is 1. The summed E-state index contributed by atoms with van der Waals surface area (Å²) >= 11 is 0. The number of aryl methyl sites for hydroxylation is 1. The van der Waals surface area contributed by atoms with Crippen molar-refractivity contribution < 1.29 is 22.3 Å². The maximum Gasteiger partial charge on any atom is 0.243 e. The first-order chi connectivity index (χ1) is 14.3. The van der Waals surface area contributed by atoms with Gasteiger partial charge in [-0.25, -0.2) is 12.8 Å². The third-order valence-corrected chi connectivity index (χ3v) is 7.06. The lowest BCUT2D eigenvalue weighted by Gasteiger charge is -2.31. The Labute approximate surface area is 177 Å². The van der Waals surface area contributed by atoms with Crippen LogP contribution in [0.1, 0.15) is 25.3 Å². The molecule has 2 aromatic carbocycles. The molecule has 1 saturated heterocycles. The van der Waals surface area contributed by atoms with Gasteiger partial charge in [0.05, 0.1) is 16.9 Å². The van der Waals surface area contributed by atoms with Gasteiger partial charge in [0.2, 0.25) is 15.9 Å². The van der Waals surface area contributed by atoms with Crippen molar-refractivity contribution in [3.05, 3.63) is 59.9 Å². The molecule has 1 aliphatic heterocycles.